The van der Waals surface area contributed by atoms with E-state index in [2.05, 4.69) is 0 Å². The fourth-order valence-corrected chi connectivity index (χ4v) is 5.23. The minimum absolute atomic E-state index is 0.0236. The van der Waals surface area contributed by atoms with Crippen molar-refractivity contribution in [2.75, 3.05) is 25.4 Å². The van der Waals surface area contributed by atoms with Gasteiger partial charge in [0.25, 0.3) is 5.56 Å². The van der Waals surface area contributed by atoms with Crippen LogP contribution in [0.2, 0.25) is 0 Å². The van der Waals surface area contributed by atoms with E-state index in [9.17, 15) is 27.6 Å². The Kier molecular flexibility index (Phi) is 7.41. The second-order valence-corrected chi connectivity index (χ2v) is 10.5. The van der Waals surface area contributed by atoms with Crippen LogP contribution in [0.5, 0.6) is 0 Å². The number of benzene rings is 1. The summed E-state index contributed by atoms with van der Waals surface area (Å²) >= 11 is 0. The Balaban J connectivity index is 1.75. The molecule has 0 spiro atoms. The number of ketones is 1. The lowest BCUT2D eigenvalue weighted by molar-refractivity contribution is 0.0474. The molecule has 2 aromatic rings. The lowest BCUT2D eigenvalue weighted by Crippen LogP contribution is -2.43. The summed E-state index contributed by atoms with van der Waals surface area (Å²) in [6.45, 7) is 4.05. The lowest BCUT2D eigenvalue weighted by Gasteiger charge is -2.16. The zero-order valence-electron chi connectivity index (χ0n) is 19.3. The number of carbonyl (C=O) groups excluding carboxylic acids is 2. The molecule has 12 heteroatoms. The number of Topliss-reactive ketones (excluding diaryl/α,β-unsaturated/α-hetero) is 1. The molecule has 1 aliphatic heterocycles. The number of hydrogen-bond acceptors (Lipinski definition) is 8. The number of carbonyl (C=O) groups is 2. The van der Waals surface area contributed by atoms with Gasteiger partial charge in [0.15, 0.2) is 6.61 Å². The van der Waals surface area contributed by atoms with Gasteiger partial charge in [-0.15, -0.1) is 0 Å². The molecular formula is C22H28N4O7S. The number of aromatic nitrogens is 2. The van der Waals surface area contributed by atoms with Crippen molar-refractivity contribution in [1.82, 2.24) is 13.4 Å². The number of nitrogens with two attached hydrogens (primary N) is 1. The van der Waals surface area contributed by atoms with Crippen molar-refractivity contribution in [3.63, 3.8) is 0 Å². The third-order valence-corrected chi connectivity index (χ3v) is 7.45. The Hall–Kier alpha value is -3.25. The third kappa shape index (κ3) is 4.97. The van der Waals surface area contributed by atoms with Gasteiger partial charge >= 0.3 is 11.7 Å². The van der Waals surface area contributed by atoms with E-state index in [0.717, 1.165) is 22.0 Å². The predicted octanol–water partition coefficient (Wildman–Crippen LogP) is 0.609. The number of rotatable bonds is 8. The van der Waals surface area contributed by atoms with Gasteiger partial charge in [-0.3, -0.25) is 18.7 Å². The molecule has 3 rings (SSSR count). The summed E-state index contributed by atoms with van der Waals surface area (Å²) in [6, 6.07) is 5.21. The SMILES string of the molecule is CC(C)Cn1c(N)c(C(=O)COC(=O)c2ccc(S(=O)(=O)N3CCCC3)cc2)c(=O)n(C)c1=O. The number of esters is 1. The maximum atomic E-state index is 12.7. The highest BCUT2D eigenvalue weighted by atomic mass is 32.2. The monoisotopic (exact) mass is 492 g/mol. The van der Waals surface area contributed by atoms with Crippen LogP contribution in [0.15, 0.2) is 38.8 Å². The van der Waals surface area contributed by atoms with Crippen LogP contribution in [0.25, 0.3) is 0 Å². The molecule has 184 valence electrons. The van der Waals surface area contributed by atoms with E-state index in [-0.39, 0.29) is 28.7 Å². The highest BCUT2D eigenvalue weighted by molar-refractivity contribution is 7.89. The Morgan fingerprint density at radius 1 is 1.09 bits per heavy atom. The van der Waals surface area contributed by atoms with Crippen molar-refractivity contribution in [2.24, 2.45) is 13.0 Å². The normalized spacial score (nSPS) is 14.5. The van der Waals surface area contributed by atoms with E-state index in [1.807, 2.05) is 13.8 Å². The van der Waals surface area contributed by atoms with E-state index in [0.29, 0.717) is 13.1 Å². The smallest absolute Gasteiger partial charge is 0.338 e. The van der Waals surface area contributed by atoms with E-state index >= 15 is 0 Å². The molecule has 1 aromatic heterocycles. The van der Waals surface area contributed by atoms with Crippen molar-refractivity contribution in [2.45, 2.75) is 38.1 Å². The number of nitrogen functional groups attached to an aromatic ring is 1. The molecule has 2 heterocycles. The quantitative estimate of drug-likeness (QED) is 0.416. The number of sulfonamides is 1. The first-order valence-corrected chi connectivity index (χ1v) is 12.3. The minimum Gasteiger partial charge on any atom is -0.454 e. The van der Waals surface area contributed by atoms with E-state index in [1.165, 1.54) is 35.6 Å². The summed E-state index contributed by atoms with van der Waals surface area (Å²) in [6.07, 6.45) is 1.61. The maximum absolute atomic E-state index is 12.7. The van der Waals surface area contributed by atoms with Gasteiger partial charge in [-0.2, -0.15) is 4.31 Å². The second-order valence-electron chi connectivity index (χ2n) is 8.55. The number of ether oxygens (including phenoxy) is 1. The largest absolute Gasteiger partial charge is 0.454 e. The summed E-state index contributed by atoms with van der Waals surface area (Å²) in [5.74, 6) is -1.98. The highest BCUT2D eigenvalue weighted by Gasteiger charge is 2.27. The Morgan fingerprint density at radius 2 is 1.68 bits per heavy atom. The van der Waals surface area contributed by atoms with Crippen LogP contribution < -0.4 is 17.0 Å². The van der Waals surface area contributed by atoms with E-state index < -0.39 is 45.2 Å². The molecule has 0 saturated carbocycles. The molecule has 2 N–H and O–H groups in total. The molecule has 1 aromatic carbocycles. The fraction of sp³-hybridized carbons (Fsp3) is 0.455. The van der Waals surface area contributed by atoms with Gasteiger partial charge in [-0.05, 0) is 43.0 Å². The van der Waals surface area contributed by atoms with Crippen LogP contribution in [-0.4, -0.2) is 53.3 Å². The number of nitrogens with zero attached hydrogens (tertiary/aromatic N) is 3. The Labute approximate surface area is 196 Å². The molecule has 0 aliphatic carbocycles. The van der Waals surface area contributed by atoms with E-state index in [1.54, 1.807) is 0 Å². The maximum Gasteiger partial charge on any atom is 0.338 e. The Morgan fingerprint density at radius 3 is 2.24 bits per heavy atom. The van der Waals surface area contributed by atoms with Gasteiger partial charge in [-0.25, -0.2) is 18.0 Å². The summed E-state index contributed by atoms with van der Waals surface area (Å²) < 4.78 is 33.5. The second kappa shape index (κ2) is 9.94. The zero-order valence-corrected chi connectivity index (χ0v) is 20.1. The standard InChI is InChI=1S/C22H28N4O7S/c1-14(2)12-26-19(23)18(20(28)24(3)22(26)30)17(27)13-33-21(29)15-6-8-16(9-7-15)34(31,32)25-10-4-5-11-25/h6-9,14H,4-5,10-13,23H2,1-3H3. The Bertz CT molecular complexity index is 1320. The topological polar surface area (TPSA) is 151 Å². The van der Waals surface area contributed by atoms with Gasteiger partial charge < -0.3 is 10.5 Å². The van der Waals surface area contributed by atoms with Gasteiger partial charge in [0, 0.05) is 26.7 Å². The molecule has 1 aliphatic rings. The van der Waals surface area contributed by atoms with Crippen LogP contribution in [0.4, 0.5) is 5.82 Å². The van der Waals surface area contributed by atoms with Crippen LogP contribution >= 0.6 is 0 Å². The van der Waals surface area contributed by atoms with Gasteiger partial charge in [0.1, 0.15) is 11.4 Å². The van der Waals surface area contributed by atoms with Gasteiger partial charge in [0.05, 0.1) is 10.5 Å². The molecule has 0 atom stereocenters. The van der Waals surface area contributed by atoms with Crippen molar-refractivity contribution in [3.05, 3.63) is 56.2 Å². The average Bonchev–Trinajstić information content (AvgIpc) is 3.35. The van der Waals surface area contributed by atoms with Crippen molar-refractivity contribution in [1.29, 1.82) is 0 Å². The summed E-state index contributed by atoms with van der Waals surface area (Å²) in [4.78, 5) is 50.0. The molecule has 0 radical (unpaired) electrons. The summed E-state index contributed by atoms with van der Waals surface area (Å²) in [5, 5.41) is 0. The molecular weight excluding hydrogens is 464 g/mol. The molecule has 1 fully saturated rings. The van der Waals surface area contributed by atoms with Crippen LogP contribution in [0.3, 0.4) is 0 Å². The minimum atomic E-state index is -3.62. The van der Waals surface area contributed by atoms with Crippen LogP contribution in [0.1, 0.15) is 47.4 Å². The van der Waals surface area contributed by atoms with Crippen LogP contribution in [-0.2, 0) is 28.4 Å². The molecule has 34 heavy (non-hydrogen) atoms. The third-order valence-electron chi connectivity index (χ3n) is 5.54. The first kappa shape index (κ1) is 25.4. The van der Waals surface area contributed by atoms with Crippen LogP contribution in [0, 0.1) is 5.92 Å². The lowest BCUT2D eigenvalue weighted by atomic mass is 10.1. The predicted molar refractivity (Wildman–Crippen MR) is 124 cm³/mol. The van der Waals surface area contributed by atoms with Crippen molar-refractivity contribution in [3.8, 4) is 0 Å². The molecule has 0 bridgehead atoms. The fourth-order valence-electron chi connectivity index (χ4n) is 3.71. The van der Waals surface area contributed by atoms with Crippen molar-refractivity contribution < 1.29 is 22.7 Å². The first-order valence-electron chi connectivity index (χ1n) is 10.8. The van der Waals surface area contributed by atoms with E-state index in [4.69, 9.17) is 10.5 Å². The van der Waals surface area contributed by atoms with Crippen molar-refractivity contribution >= 4 is 27.6 Å². The molecule has 1 saturated heterocycles. The average molecular weight is 493 g/mol. The highest BCUT2D eigenvalue weighted by Crippen LogP contribution is 2.21. The zero-order chi connectivity index (χ0) is 25.2. The summed E-state index contributed by atoms with van der Waals surface area (Å²) in [7, 11) is -2.39. The first-order chi connectivity index (χ1) is 15.9. The van der Waals surface area contributed by atoms with Gasteiger partial charge in [0.2, 0.25) is 15.8 Å². The molecule has 0 amide bonds. The molecule has 11 nitrogen and oxygen atoms in total. The number of hydrogen-bond donors (Lipinski definition) is 1. The van der Waals surface area contributed by atoms with Gasteiger partial charge in [-0.1, -0.05) is 13.8 Å². The summed E-state index contributed by atoms with van der Waals surface area (Å²) in [5.41, 5.74) is 4.05. The number of anilines is 1. The molecule has 0 unspecified atom stereocenters.